The molecular formula is C17H26NO7P. The molecule has 146 valence electrons. The molecule has 0 saturated carbocycles. The molecule has 3 heterocycles. The fourth-order valence-electron chi connectivity index (χ4n) is 4.22. The van der Waals surface area contributed by atoms with Crippen LogP contribution in [0.5, 0.6) is 0 Å². The molecular weight excluding hydrogens is 361 g/mol. The third-order valence-corrected chi connectivity index (χ3v) is 7.88. The normalized spacial score (nSPS) is 32.0. The number of carbonyl (C=O) groups is 3. The van der Waals surface area contributed by atoms with Crippen molar-refractivity contribution >= 4 is 25.2 Å². The van der Waals surface area contributed by atoms with Crippen LogP contribution in [0.15, 0.2) is 0 Å². The molecule has 2 bridgehead atoms. The van der Waals surface area contributed by atoms with E-state index in [1.807, 2.05) is 0 Å². The van der Waals surface area contributed by atoms with E-state index in [1.165, 1.54) is 4.90 Å². The SMILES string of the molecule is CCOC(=O)CCP(=O)(CCN1C(=O)C2C3CCC(O3)C2C1=O)OCC. The van der Waals surface area contributed by atoms with Crippen molar-refractivity contribution in [3.8, 4) is 0 Å². The molecule has 0 aliphatic carbocycles. The van der Waals surface area contributed by atoms with Gasteiger partial charge in [-0.05, 0) is 26.7 Å². The van der Waals surface area contributed by atoms with E-state index in [-0.39, 0.29) is 74.4 Å². The van der Waals surface area contributed by atoms with Crippen LogP contribution in [0, 0.1) is 11.8 Å². The Balaban J connectivity index is 1.60. The van der Waals surface area contributed by atoms with Crippen molar-refractivity contribution in [2.75, 3.05) is 32.1 Å². The van der Waals surface area contributed by atoms with E-state index in [1.54, 1.807) is 13.8 Å². The van der Waals surface area contributed by atoms with Gasteiger partial charge in [0.25, 0.3) is 0 Å². The molecule has 0 aromatic carbocycles. The number of carbonyl (C=O) groups excluding carboxylic acids is 3. The van der Waals surface area contributed by atoms with Crippen molar-refractivity contribution in [3.63, 3.8) is 0 Å². The third-order valence-electron chi connectivity index (χ3n) is 5.37. The van der Waals surface area contributed by atoms with Crippen molar-refractivity contribution in [2.45, 2.75) is 45.3 Å². The zero-order valence-electron chi connectivity index (χ0n) is 15.2. The Morgan fingerprint density at radius 2 is 1.73 bits per heavy atom. The third kappa shape index (κ3) is 3.59. The number of hydrogen-bond donors (Lipinski definition) is 0. The summed E-state index contributed by atoms with van der Waals surface area (Å²) in [5.41, 5.74) is 0. The summed E-state index contributed by atoms with van der Waals surface area (Å²) in [7, 11) is -3.13. The quantitative estimate of drug-likeness (QED) is 0.335. The highest BCUT2D eigenvalue weighted by molar-refractivity contribution is 7.59. The number of hydrogen-bond acceptors (Lipinski definition) is 7. The van der Waals surface area contributed by atoms with E-state index in [0.29, 0.717) is 0 Å². The van der Waals surface area contributed by atoms with Crippen LogP contribution in [0.25, 0.3) is 0 Å². The largest absolute Gasteiger partial charge is 0.466 e. The molecule has 5 unspecified atom stereocenters. The Labute approximate surface area is 153 Å². The number of nitrogens with zero attached hydrogens (tertiary/aromatic N) is 1. The van der Waals surface area contributed by atoms with Crippen LogP contribution in [0.1, 0.15) is 33.1 Å². The van der Waals surface area contributed by atoms with Gasteiger partial charge in [-0.3, -0.25) is 23.8 Å². The van der Waals surface area contributed by atoms with Gasteiger partial charge in [0.1, 0.15) is 0 Å². The van der Waals surface area contributed by atoms with Gasteiger partial charge in [-0.15, -0.1) is 0 Å². The predicted octanol–water partition coefficient (Wildman–Crippen LogP) is 1.42. The van der Waals surface area contributed by atoms with Gasteiger partial charge < -0.3 is 14.0 Å². The number of ether oxygens (including phenoxy) is 2. The maximum atomic E-state index is 13.0. The molecule has 5 atom stereocenters. The molecule has 2 amide bonds. The van der Waals surface area contributed by atoms with Crippen LogP contribution >= 0.6 is 7.37 Å². The second-order valence-electron chi connectivity index (χ2n) is 6.90. The highest BCUT2D eigenvalue weighted by atomic mass is 31.2. The number of esters is 1. The van der Waals surface area contributed by atoms with E-state index < -0.39 is 13.3 Å². The van der Waals surface area contributed by atoms with E-state index in [9.17, 15) is 18.9 Å². The van der Waals surface area contributed by atoms with E-state index in [0.717, 1.165) is 12.8 Å². The molecule has 0 aromatic heterocycles. The van der Waals surface area contributed by atoms with E-state index in [4.69, 9.17) is 14.0 Å². The minimum Gasteiger partial charge on any atom is -0.466 e. The van der Waals surface area contributed by atoms with Gasteiger partial charge in [0, 0.05) is 18.9 Å². The molecule has 9 heteroatoms. The number of rotatable bonds is 9. The van der Waals surface area contributed by atoms with Gasteiger partial charge in [-0.1, -0.05) is 0 Å². The lowest BCUT2D eigenvalue weighted by Crippen LogP contribution is -2.36. The standard InChI is InChI=1S/C17H26NO7P/c1-3-23-13(19)7-9-26(22,24-4-2)10-8-18-16(20)14-11-5-6-12(25-11)15(14)17(18)21/h11-12,14-15H,3-10H2,1-2H3. The van der Waals surface area contributed by atoms with Crippen molar-refractivity contribution in [2.24, 2.45) is 11.8 Å². The highest BCUT2D eigenvalue weighted by Gasteiger charge is 2.62. The molecule has 3 aliphatic heterocycles. The Hall–Kier alpha value is -1.24. The van der Waals surface area contributed by atoms with Gasteiger partial charge in [-0.25, -0.2) is 0 Å². The summed E-state index contributed by atoms with van der Waals surface area (Å²) in [6.07, 6.45) is 1.43. The second-order valence-corrected chi connectivity index (χ2v) is 9.69. The van der Waals surface area contributed by atoms with Crippen LogP contribution in [0.2, 0.25) is 0 Å². The number of fused-ring (bicyclic) bond motifs is 5. The summed E-state index contributed by atoms with van der Waals surface area (Å²) in [6, 6.07) is 0. The zero-order chi connectivity index (χ0) is 18.9. The topological polar surface area (TPSA) is 99.2 Å². The lowest BCUT2D eigenvalue weighted by Gasteiger charge is -2.22. The molecule has 26 heavy (non-hydrogen) atoms. The average molecular weight is 387 g/mol. The van der Waals surface area contributed by atoms with Crippen LogP contribution in [-0.2, 0) is 32.9 Å². The Morgan fingerprint density at radius 3 is 2.27 bits per heavy atom. The van der Waals surface area contributed by atoms with E-state index >= 15 is 0 Å². The molecule has 3 rings (SSSR count). The van der Waals surface area contributed by atoms with Gasteiger partial charge in [-0.2, -0.15) is 0 Å². The summed E-state index contributed by atoms with van der Waals surface area (Å²) in [6.45, 7) is 4.00. The number of imide groups is 1. The maximum Gasteiger partial charge on any atom is 0.306 e. The van der Waals surface area contributed by atoms with Crippen molar-refractivity contribution in [3.05, 3.63) is 0 Å². The zero-order valence-corrected chi connectivity index (χ0v) is 16.1. The molecule has 3 saturated heterocycles. The van der Waals surface area contributed by atoms with Crippen LogP contribution in [-0.4, -0.2) is 67.0 Å². The first-order valence-electron chi connectivity index (χ1n) is 9.29. The first-order chi connectivity index (χ1) is 12.4. The number of amides is 2. The Kier molecular flexibility index (Phi) is 5.85. The Bertz CT molecular complexity index is 609. The fraction of sp³-hybridized carbons (Fsp3) is 0.824. The van der Waals surface area contributed by atoms with Crippen molar-refractivity contribution in [1.29, 1.82) is 0 Å². The summed E-state index contributed by atoms with van der Waals surface area (Å²) >= 11 is 0. The van der Waals surface area contributed by atoms with Gasteiger partial charge in [0.2, 0.25) is 19.2 Å². The summed E-state index contributed by atoms with van der Waals surface area (Å²) in [5.74, 6) is -1.63. The molecule has 8 nitrogen and oxygen atoms in total. The average Bonchev–Trinajstić information content (AvgIpc) is 3.27. The lowest BCUT2D eigenvalue weighted by molar-refractivity contribution is -0.143. The van der Waals surface area contributed by atoms with Crippen molar-refractivity contribution < 1.29 is 32.9 Å². The number of likely N-dealkylation sites (tertiary alicyclic amines) is 1. The molecule has 0 spiro atoms. The summed E-state index contributed by atoms with van der Waals surface area (Å²) in [4.78, 5) is 38.0. The van der Waals surface area contributed by atoms with Crippen molar-refractivity contribution in [1.82, 2.24) is 4.90 Å². The summed E-state index contributed by atoms with van der Waals surface area (Å²) < 4.78 is 28.9. The van der Waals surface area contributed by atoms with Gasteiger partial charge >= 0.3 is 5.97 Å². The highest BCUT2D eigenvalue weighted by Crippen LogP contribution is 2.50. The molecule has 3 aliphatic rings. The molecule has 0 aromatic rings. The molecule has 3 fully saturated rings. The predicted molar refractivity (Wildman–Crippen MR) is 91.8 cm³/mol. The lowest BCUT2D eigenvalue weighted by atomic mass is 9.81. The monoisotopic (exact) mass is 387 g/mol. The summed E-state index contributed by atoms with van der Waals surface area (Å²) in [5, 5.41) is 0. The molecule has 0 radical (unpaired) electrons. The fourth-order valence-corrected chi connectivity index (χ4v) is 6.20. The minimum atomic E-state index is -3.13. The molecule has 0 N–H and O–H groups in total. The van der Waals surface area contributed by atoms with Crippen LogP contribution in [0.3, 0.4) is 0 Å². The smallest absolute Gasteiger partial charge is 0.306 e. The van der Waals surface area contributed by atoms with Gasteiger partial charge in [0.05, 0.1) is 43.7 Å². The first kappa shape index (κ1) is 19.5. The minimum absolute atomic E-state index is 0.00372. The second kappa shape index (κ2) is 7.79. The van der Waals surface area contributed by atoms with E-state index in [2.05, 4.69) is 0 Å². The van der Waals surface area contributed by atoms with Crippen LogP contribution in [0.4, 0.5) is 0 Å². The Morgan fingerprint density at radius 1 is 1.12 bits per heavy atom. The maximum absolute atomic E-state index is 13.0. The van der Waals surface area contributed by atoms with Gasteiger partial charge in [0.15, 0.2) is 0 Å². The van der Waals surface area contributed by atoms with Crippen LogP contribution < -0.4 is 0 Å². The first-order valence-corrected chi connectivity index (χ1v) is 11.3.